The topological polar surface area (TPSA) is 38.1 Å². The summed E-state index contributed by atoms with van der Waals surface area (Å²) in [6.07, 6.45) is 5.97. The number of nitrogens with zero attached hydrogens (tertiary/aromatic N) is 3. The third-order valence-electron chi connectivity index (χ3n) is 3.93. The summed E-state index contributed by atoms with van der Waals surface area (Å²) in [6, 6.07) is 6.34. The number of aryl methyl sites for hydroxylation is 1. The second-order valence-electron chi connectivity index (χ2n) is 5.50. The SMILES string of the molecule is Cn1cc([C@@H]2CCCN2C(=O)Cc2cccc(F)c2)cn1. The number of carbonyl (C=O) groups is 1. The van der Waals surface area contributed by atoms with Crippen molar-refractivity contribution in [2.75, 3.05) is 6.54 Å². The first-order valence-electron chi connectivity index (χ1n) is 7.16. The largest absolute Gasteiger partial charge is 0.335 e. The lowest BCUT2D eigenvalue weighted by Crippen LogP contribution is -2.31. The molecule has 1 aromatic heterocycles. The van der Waals surface area contributed by atoms with Crippen LogP contribution in [0.25, 0.3) is 0 Å². The Morgan fingerprint density at radius 1 is 1.48 bits per heavy atom. The van der Waals surface area contributed by atoms with E-state index >= 15 is 0 Å². The van der Waals surface area contributed by atoms with E-state index in [1.807, 2.05) is 24.3 Å². The van der Waals surface area contributed by atoms with Crippen LogP contribution >= 0.6 is 0 Å². The maximum Gasteiger partial charge on any atom is 0.227 e. The third-order valence-corrected chi connectivity index (χ3v) is 3.93. The van der Waals surface area contributed by atoms with Crippen molar-refractivity contribution in [3.05, 3.63) is 53.6 Å². The van der Waals surface area contributed by atoms with Crippen molar-refractivity contribution in [1.29, 1.82) is 0 Å². The monoisotopic (exact) mass is 287 g/mol. The fourth-order valence-corrected chi connectivity index (χ4v) is 2.95. The van der Waals surface area contributed by atoms with Crippen molar-refractivity contribution in [2.24, 2.45) is 7.05 Å². The van der Waals surface area contributed by atoms with E-state index in [0.29, 0.717) is 0 Å². The van der Waals surface area contributed by atoms with Crippen LogP contribution in [-0.2, 0) is 18.3 Å². The van der Waals surface area contributed by atoms with E-state index in [1.165, 1.54) is 12.1 Å². The van der Waals surface area contributed by atoms with Crippen LogP contribution in [0.4, 0.5) is 4.39 Å². The summed E-state index contributed by atoms with van der Waals surface area (Å²) in [4.78, 5) is 14.4. The average Bonchev–Trinajstić information content (AvgIpc) is 3.06. The first-order chi connectivity index (χ1) is 10.1. The summed E-state index contributed by atoms with van der Waals surface area (Å²) >= 11 is 0. The minimum atomic E-state index is -0.300. The third kappa shape index (κ3) is 2.96. The molecule has 0 N–H and O–H groups in total. The highest BCUT2D eigenvalue weighted by atomic mass is 19.1. The molecule has 1 fully saturated rings. The van der Waals surface area contributed by atoms with Crippen molar-refractivity contribution in [3.63, 3.8) is 0 Å². The molecule has 110 valence electrons. The number of halogens is 1. The van der Waals surface area contributed by atoms with Gasteiger partial charge in [-0.15, -0.1) is 0 Å². The van der Waals surface area contributed by atoms with Gasteiger partial charge in [-0.3, -0.25) is 9.48 Å². The van der Waals surface area contributed by atoms with Gasteiger partial charge in [0, 0.05) is 25.4 Å². The normalized spacial score (nSPS) is 18.2. The van der Waals surface area contributed by atoms with Crippen LogP contribution in [0, 0.1) is 5.82 Å². The lowest BCUT2D eigenvalue weighted by Gasteiger charge is -2.24. The number of aromatic nitrogens is 2. The molecule has 0 unspecified atom stereocenters. The van der Waals surface area contributed by atoms with Gasteiger partial charge in [-0.05, 0) is 30.5 Å². The lowest BCUT2D eigenvalue weighted by atomic mass is 10.1. The van der Waals surface area contributed by atoms with Crippen LogP contribution in [0.15, 0.2) is 36.7 Å². The van der Waals surface area contributed by atoms with Crippen molar-refractivity contribution < 1.29 is 9.18 Å². The van der Waals surface area contributed by atoms with E-state index < -0.39 is 0 Å². The van der Waals surface area contributed by atoms with Crippen LogP contribution in [0.2, 0.25) is 0 Å². The Morgan fingerprint density at radius 2 is 2.33 bits per heavy atom. The quantitative estimate of drug-likeness (QED) is 0.869. The zero-order valence-electron chi connectivity index (χ0n) is 12.0. The van der Waals surface area contributed by atoms with E-state index in [-0.39, 0.29) is 24.2 Å². The summed E-state index contributed by atoms with van der Waals surface area (Å²) in [5.74, 6) is -0.252. The molecule has 1 saturated heterocycles. The molecular weight excluding hydrogens is 269 g/mol. The van der Waals surface area contributed by atoms with Gasteiger partial charge in [0.05, 0.1) is 18.7 Å². The van der Waals surface area contributed by atoms with Crippen LogP contribution in [0.3, 0.4) is 0 Å². The first kappa shape index (κ1) is 13.8. The highest BCUT2D eigenvalue weighted by molar-refractivity contribution is 5.79. The molecule has 2 aromatic rings. The summed E-state index contributed by atoms with van der Waals surface area (Å²) in [5, 5.41) is 4.18. The van der Waals surface area contributed by atoms with Gasteiger partial charge in [-0.1, -0.05) is 12.1 Å². The van der Waals surface area contributed by atoms with Crippen molar-refractivity contribution in [2.45, 2.75) is 25.3 Å². The number of amides is 1. The van der Waals surface area contributed by atoms with E-state index in [2.05, 4.69) is 5.10 Å². The molecule has 0 saturated carbocycles. The summed E-state index contributed by atoms with van der Waals surface area (Å²) in [6.45, 7) is 0.758. The van der Waals surface area contributed by atoms with Crippen molar-refractivity contribution in [1.82, 2.24) is 14.7 Å². The molecule has 0 aliphatic carbocycles. The van der Waals surface area contributed by atoms with Crippen LogP contribution in [0.5, 0.6) is 0 Å². The number of carbonyl (C=O) groups excluding carboxylic acids is 1. The maximum atomic E-state index is 13.2. The highest BCUT2D eigenvalue weighted by Crippen LogP contribution is 2.32. The second-order valence-corrected chi connectivity index (χ2v) is 5.50. The predicted octanol–water partition coefficient (Wildman–Crippen LogP) is 2.47. The minimum Gasteiger partial charge on any atom is -0.335 e. The average molecular weight is 287 g/mol. The molecule has 1 aliphatic heterocycles. The fraction of sp³-hybridized carbons (Fsp3) is 0.375. The summed E-state index contributed by atoms with van der Waals surface area (Å²) < 4.78 is 15.0. The molecule has 0 radical (unpaired) electrons. The Morgan fingerprint density at radius 3 is 3.05 bits per heavy atom. The van der Waals surface area contributed by atoms with Gasteiger partial charge in [0.15, 0.2) is 0 Å². The molecule has 5 heteroatoms. The zero-order chi connectivity index (χ0) is 14.8. The smallest absolute Gasteiger partial charge is 0.227 e. The summed E-state index contributed by atoms with van der Waals surface area (Å²) in [5.41, 5.74) is 1.79. The van der Waals surface area contributed by atoms with Crippen LogP contribution in [0.1, 0.15) is 30.0 Å². The van der Waals surface area contributed by atoms with E-state index in [0.717, 1.165) is 30.5 Å². The zero-order valence-corrected chi connectivity index (χ0v) is 12.0. The summed E-state index contributed by atoms with van der Waals surface area (Å²) in [7, 11) is 1.87. The van der Waals surface area contributed by atoms with E-state index in [4.69, 9.17) is 0 Å². The Kier molecular flexibility index (Phi) is 3.73. The fourth-order valence-electron chi connectivity index (χ4n) is 2.95. The highest BCUT2D eigenvalue weighted by Gasteiger charge is 2.30. The molecule has 21 heavy (non-hydrogen) atoms. The van der Waals surface area contributed by atoms with Gasteiger partial charge in [-0.2, -0.15) is 5.10 Å². The first-order valence-corrected chi connectivity index (χ1v) is 7.16. The Bertz CT molecular complexity index is 652. The Hall–Kier alpha value is -2.17. The van der Waals surface area contributed by atoms with Gasteiger partial charge < -0.3 is 4.90 Å². The van der Waals surface area contributed by atoms with Gasteiger partial charge >= 0.3 is 0 Å². The number of benzene rings is 1. The number of hydrogen-bond donors (Lipinski definition) is 0. The van der Waals surface area contributed by atoms with Gasteiger partial charge in [0.25, 0.3) is 0 Å². The number of likely N-dealkylation sites (tertiary alicyclic amines) is 1. The molecule has 4 nitrogen and oxygen atoms in total. The molecule has 1 amide bonds. The second kappa shape index (κ2) is 5.68. The van der Waals surface area contributed by atoms with Gasteiger partial charge in [0.2, 0.25) is 5.91 Å². The molecule has 0 bridgehead atoms. The molecule has 0 spiro atoms. The van der Waals surface area contributed by atoms with Crippen LogP contribution in [-0.4, -0.2) is 27.1 Å². The molecule has 1 atom stereocenters. The number of hydrogen-bond acceptors (Lipinski definition) is 2. The standard InChI is InChI=1S/C16H18FN3O/c1-19-11-13(10-18-19)15-6-3-7-20(15)16(21)9-12-4-2-5-14(17)8-12/h2,4-5,8,10-11,15H,3,6-7,9H2,1H3/t15-/m0/s1. The molecule has 3 rings (SSSR count). The molecule has 1 aromatic carbocycles. The van der Waals surface area contributed by atoms with Gasteiger partial charge in [-0.25, -0.2) is 4.39 Å². The lowest BCUT2D eigenvalue weighted by molar-refractivity contribution is -0.131. The Balaban J connectivity index is 1.74. The van der Waals surface area contributed by atoms with Crippen LogP contribution < -0.4 is 0 Å². The molecular formula is C16H18FN3O. The molecule has 2 heterocycles. The van der Waals surface area contributed by atoms with Gasteiger partial charge in [0.1, 0.15) is 5.82 Å². The Labute approximate surface area is 123 Å². The molecule has 1 aliphatic rings. The maximum absolute atomic E-state index is 13.2. The van der Waals surface area contributed by atoms with E-state index in [9.17, 15) is 9.18 Å². The number of rotatable bonds is 3. The van der Waals surface area contributed by atoms with E-state index in [1.54, 1.807) is 16.8 Å². The van der Waals surface area contributed by atoms with Crippen molar-refractivity contribution >= 4 is 5.91 Å². The minimum absolute atomic E-state index is 0.0481. The van der Waals surface area contributed by atoms with Crippen molar-refractivity contribution in [3.8, 4) is 0 Å². The predicted molar refractivity (Wildman–Crippen MR) is 77.0 cm³/mol.